The zero-order chi connectivity index (χ0) is 22.2. The molecule has 0 saturated heterocycles. The molecule has 0 heterocycles. The van der Waals surface area contributed by atoms with Crippen molar-refractivity contribution in [1.82, 2.24) is 10.2 Å². The lowest BCUT2D eigenvalue weighted by atomic mass is 10.1. The number of carbonyl (C=O) groups excluding carboxylic acids is 3. The van der Waals surface area contributed by atoms with E-state index in [1.165, 1.54) is 19.3 Å². The molecule has 3 amide bonds. The average molecular weight is 418 g/mol. The number of nitrogens with one attached hydrogen (secondary N) is 2. The fraction of sp³-hybridized carbons (Fsp3) is 0.625. The summed E-state index contributed by atoms with van der Waals surface area (Å²) in [6, 6.07) is 7.47. The van der Waals surface area contributed by atoms with E-state index in [1.54, 1.807) is 4.90 Å². The zero-order valence-corrected chi connectivity index (χ0v) is 19.0. The number of amides is 3. The number of unbranched alkanes of at least 4 members (excludes halogenated alkanes) is 6. The first-order valence-corrected chi connectivity index (χ1v) is 11.4. The fourth-order valence-electron chi connectivity index (χ4n) is 3.11. The van der Waals surface area contributed by atoms with Crippen molar-refractivity contribution in [1.29, 1.82) is 0 Å². The highest BCUT2D eigenvalue weighted by atomic mass is 16.2. The molecular weight excluding hydrogens is 378 g/mol. The van der Waals surface area contributed by atoms with Crippen molar-refractivity contribution in [3.63, 3.8) is 0 Å². The summed E-state index contributed by atoms with van der Waals surface area (Å²) < 4.78 is 0. The van der Waals surface area contributed by atoms with Gasteiger partial charge in [0.2, 0.25) is 17.7 Å². The highest BCUT2D eigenvalue weighted by Gasteiger charge is 2.17. The second kappa shape index (κ2) is 15.5. The summed E-state index contributed by atoms with van der Waals surface area (Å²) in [5, 5.41) is 5.37. The molecule has 0 fully saturated rings. The van der Waals surface area contributed by atoms with Crippen LogP contribution in [-0.2, 0) is 14.4 Å². The van der Waals surface area contributed by atoms with Crippen LogP contribution < -0.4 is 10.6 Å². The van der Waals surface area contributed by atoms with Gasteiger partial charge in [-0.05, 0) is 31.9 Å². The molecule has 0 bridgehead atoms. The van der Waals surface area contributed by atoms with Gasteiger partial charge in [-0.15, -0.1) is 0 Å². The second-order valence-corrected chi connectivity index (χ2v) is 7.88. The first kappa shape index (κ1) is 25.7. The van der Waals surface area contributed by atoms with Gasteiger partial charge in [-0.3, -0.25) is 14.4 Å². The third-order valence-corrected chi connectivity index (χ3v) is 4.99. The molecule has 6 heteroatoms. The number of aryl methyl sites for hydroxylation is 1. The van der Waals surface area contributed by atoms with E-state index in [9.17, 15) is 14.4 Å². The standard InChI is InChI=1S/C24H39N3O3/c1-4-6-8-9-10-11-12-24(30)27(17-7-5-2)19-23(29)25-18-22(28)26-21-15-13-20(3)14-16-21/h13-16H,4-12,17-19H2,1-3H3,(H,25,29)(H,26,28). The minimum absolute atomic E-state index is 0.00643. The van der Waals surface area contributed by atoms with E-state index in [2.05, 4.69) is 24.5 Å². The molecule has 0 radical (unpaired) electrons. The number of hydrogen-bond donors (Lipinski definition) is 2. The molecule has 0 saturated carbocycles. The summed E-state index contributed by atoms with van der Waals surface area (Å²) in [7, 11) is 0. The molecule has 2 N–H and O–H groups in total. The molecule has 1 aromatic carbocycles. The van der Waals surface area contributed by atoms with Crippen LogP contribution in [0.2, 0.25) is 0 Å². The lowest BCUT2D eigenvalue weighted by Crippen LogP contribution is -2.43. The van der Waals surface area contributed by atoms with E-state index in [4.69, 9.17) is 0 Å². The quantitative estimate of drug-likeness (QED) is 0.414. The van der Waals surface area contributed by atoms with Crippen molar-refractivity contribution in [3.05, 3.63) is 29.8 Å². The van der Waals surface area contributed by atoms with Gasteiger partial charge < -0.3 is 15.5 Å². The van der Waals surface area contributed by atoms with Crippen molar-refractivity contribution >= 4 is 23.4 Å². The zero-order valence-electron chi connectivity index (χ0n) is 19.0. The molecule has 0 aromatic heterocycles. The van der Waals surface area contributed by atoms with Crippen molar-refractivity contribution in [2.45, 2.75) is 78.6 Å². The lowest BCUT2D eigenvalue weighted by molar-refractivity contribution is -0.136. The maximum absolute atomic E-state index is 12.5. The van der Waals surface area contributed by atoms with E-state index in [-0.39, 0.29) is 30.8 Å². The number of nitrogens with zero attached hydrogens (tertiary/aromatic N) is 1. The van der Waals surface area contributed by atoms with Gasteiger partial charge in [0.1, 0.15) is 0 Å². The first-order valence-electron chi connectivity index (χ1n) is 11.4. The Kier molecular flexibility index (Phi) is 13.2. The smallest absolute Gasteiger partial charge is 0.243 e. The molecule has 0 unspecified atom stereocenters. The normalized spacial score (nSPS) is 10.5. The van der Waals surface area contributed by atoms with Gasteiger partial charge in [-0.25, -0.2) is 0 Å². The molecular formula is C24H39N3O3. The van der Waals surface area contributed by atoms with Gasteiger partial charge >= 0.3 is 0 Å². The summed E-state index contributed by atoms with van der Waals surface area (Å²) in [5.41, 5.74) is 1.80. The summed E-state index contributed by atoms with van der Waals surface area (Å²) in [5.74, 6) is -0.564. The van der Waals surface area contributed by atoms with Gasteiger partial charge in [0, 0.05) is 18.7 Å². The minimum atomic E-state index is -0.304. The molecule has 0 aliphatic carbocycles. The molecule has 168 valence electrons. The Labute approximate surface area is 181 Å². The van der Waals surface area contributed by atoms with Crippen LogP contribution in [-0.4, -0.2) is 42.3 Å². The van der Waals surface area contributed by atoms with Gasteiger partial charge in [0.05, 0.1) is 13.1 Å². The monoisotopic (exact) mass is 417 g/mol. The number of anilines is 1. The van der Waals surface area contributed by atoms with E-state index < -0.39 is 0 Å². The molecule has 0 aliphatic heterocycles. The van der Waals surface area contributed by atoms with Crippen LogP contribution >= 0.6 is 0 Å². The maximum Gasteiger partial charge on any atom is 0.243 e. The van der Waals surface area contributed by atoms with Crippen LogP contribution in [0.4, 0.5) is 5.69 Å². The topological polar surface area (TPSA) is 78.5 Å². The van der Waals surface area contributed by atoms with Crippen LogP contribution in [0.1, 0.15) is 77.2 Å². The Morgan fingerprint density at radius 2 is 1.47 bits per heavy atom. The molecule has 30 heavy (non-hydrogen) atoms. The predicted octanol–water partition coefficient (Wildman–Crippen LogP) is 4.43. The summed E-state index contributed by atoms with van der Waals surface area (Å²) in [4.78, 5) is 38.5. The van der Waals surface area contributed by atoms with Gasteiger partial charge in [0.25, 0.3) is 0 Å². The van der Waals surface area contributed by atoms with Crippen LogP contribution in [0.3, 0.4) is 0 Å². The van der Waals surface area contributed by atoms with Crippen LogP contribution in [0, 0.1) is 6.92 Å². The number of carbonyl (C=O) groups is 3. The number of benzene rings is 1. The third-order valence-electron chi connectivity index (χ3n) is 4.99. The second-order valence-electron chi connectivity index (χ2n) is 7.88. The first-order chi connectivity index (χ1) is 14.5. The van der Waals surface area contributed by atoms with E-state index in [0.717, 1.165) is 37.7 Å². The Bertz CT molecular complexity index is 644. The van der Waals surface area contributed by atoms with Crippen molar-refractivity contribution in [3.8, 4) is 0 Å². The number of rotatable bonds is 15. The largest absolute Gasteiger partial charge is 0.345 e. The Balaban J connectivity index is 2.38. The highest BCUT2D eigenvalue weighted by molar-refractivity contribution is 5.95. The fourth-order valence-corrected chi connectivity index (χ4v) is 3.11. The predicted molar refractivity (Wildman–Crippen MR) is 122 cm³/mol. The van der Waals surface area contributed by atoms with E-state index in [1.807, 2.05) is 31.2 Å². The Morgan fingerprint density at radius 3 is 2.13 bits per heavy atom. The molecule has 0 spiro atoms. The maximum atomic E-state index is 12.5. The minimum Gasteiger partial charge on any atom is -0.345 e. The number of hydrogen-bond acceptors (Lipinski definition) is 3. The SMILES string of the molecule is CCCCCCCCC(=O)N(CCCC)CC(=O)NCC(=O)Nc1ccc(C)cc1. The van der Waals surface area contributed by atoms with Crippen molar-refractivity contribution < 1.29 is 14.4 Å². The van der Waals surface area contributed by atoms with Crippen molar-refractivity contribution in [2.24, 2.45) is 0 Å². The van der Waals surface area contributed by atoms with E-state index >= 15 is 0 Å². The highest BCUT2D eigenvalue weighted by Crippen LogP contribution is 2.10. The van der Waals surface area contributed by atoms with Crippen LogP contribution in [0.15, 0.2) is 24.3 Å². The average Bonchev–Trinajstić information content (AvgIpc) is 2.73. The molecule has 0 aliphatic rings. The summed E-state index contributed by atoms with van der Waals surface area (Å²) in [6.45, 7) is 6.70. The Morgan fingerprint density at radius 1 is 0.833 bits per heavy atom. The third kappa shape index (κ3) is 11.6. The molecule has 1 rings (SSSR count). The molecule has 6 nitrogen and oxygen atoms in total. The van der Waals surface area contributed by atoms with Crippen LogP contribution in [0.5, 0.6) is 0 Å². The van der Waals surface area contributed by atoms with Gasteiger partial charge in [-0.1, -0.05) is 70.1 Å². The van der Waals surface area contributed by atoms with E-state index in [0.29, 0.717) is 18.7 Å². The molecule has 0 atom stereocenters. The summed E-state index contributed by atoms with van der Waals surface area (Å²) in [6.07, 6.45) is 9.06. The Hall–Kier alpha value is -2.37. The van der Waals surface area contributed by atoms with Crippen LogP contribution in [0.25, 0.3) is 0 Å². The van der Waals surface area contributed by atoms with Crippen molar-refractivity contribution in [2.75, 3.05) is 25.0 Å². The van der Waals surface area contributed by atoms with Gasteiger partial charge in [-0.2, -0.15) is 0 Å². The summed E-state index contributed by atoms with van der Waals surface area (Å²) >= 11 is 0. The molecule has 1 aromatic rings. The van der Waals surface area contributed by atoms with Gasteiger partial charge in [0.15, 0.2) is 0 Å². The lowest BCUT2D eigenvalue weighted by Gasteiger charge is -2.22.